The van der Waals surface area contributed by atoms with Crippen molar-refractivity contribution in [1.82, 2.24) is 10.2 Å². The van der Waals surface area contributed by atoms with Crippen LogP contribution in [0.1, 0.15) is 13.8 Å². The second-order valence-electron chi connectivity index (χ2n) is 5.44. The quantitative estimate of drug-likeness (QED) is 0.643. The lowest BCUT2D eigenvalue weighted by Crippen LogP contribution is -2.55. The van der Waals surface area contributed by atoms with Crippen molar-refractivity contribution in [2.75, 3.05) is 25.0 Å². The summed E-state index contributed by atoms with van der Waals surface area (Å²) in [5.41, 5.74) is 0.582. The number of benzene rings is 1. The van der Waals surface area contributed by atoms with Gasteiger partial charge in [0.25, 0.3) is 5.69 Å². The molecule has 21 heavy (non-hydrogen) atoms. The molecule has 2 N–H and O–H groups in total. The van der Waals surface area contributed by atoms with Gasteiger partial charge in [0, 0.05) is 43.0 Å². The Kier molecular flexibility index (Phi) is 4.87. The lowest BCUT2D eigenvalue weighted by molar-refractivity contribution is -0.384. The molecule has 0 spiro atoms. The molecule has 1 aliphatic heterocycles. The van der Waals surface area contributed by atoms with Crippen LogP contribution in [0.5, 0.6) is 0 Å². The largest absolute Gasteiger partial charge is 0.325 e. The number of carbonyl (C=O) groups excluding carboxylic acids is 1. The summed E-state index contributed by atoms with van der Waals surface area (Å²) in [6, 6.07) is 6.52. The van der Waals surface area contributed by atoms with Crippen LogP contribution in [0.25, 0.3) is 0 Å². The number of carbonyl (C=O) groups is 1. The van der Waals surface area contributed by atoms with E-state index in [9.17, 15) is 14.9 Å². The van der Waals surface area contributed by atoms with Gasteiger partial charge in [0.15, 0.2) is 0 Å². The fourth-order valence-electron chi connectivity index (χ4n) is 2.37. The van der Waals surface area contributed by atoms with E-state index >= 15 is 0 Å². The van der Waals surface area contributed by atoms with E-state index in [-0.39, 0.29) is 11.6 Å². The van der Waals surface area contributed by atoms with Gasteiger partial charge in [-0.05, 0) is 26.0 Å². The lowest BCUT2D eigenvalue weighted by Gasteiger charge is -2.36. The van der Waals surface area contributed by atoms with Crippen LogP contribution in [0.15, 0.2) is 24.3 Å². The molecule has 2 unspecified atom stereocenters. The smallest absolute Gasteiger partial charge is 0.269 e. The van der Waals surface area contributed by atoms with E-state index in [1.165, 1.54) is 12.1 Å². The fraction of sp³-hybridized carbons (Fsp3) is 0.500. The molecule has 1 heterocycles. The summed E-state index contributed by atoms with van der Waals surface area (Å²) >= 11 is 0. The van der Waals surface area contributed by atoms with Crippen molar-refractivity contribution >= 4 is 17.3 Å². The van der Waals surface area contributed by atoms with Crippen LogP contribution < -0.4 is 10.6 Å². The Morgan fingerprint density at radius 1 is 1.43 bits per heavy atom. The van der Waals surface area contributed by atoms with Crippen molar-refractivity contribution < 1.29 is 9.72 Å². The van der Waals surface area contributed by atoms with Gasteiger partial charge < -0.3 is 10.6 Å². The van der Waals surface area contributed by atoms with E-state index in [0.717, 1.165) is 13.1 Å². The molecule has 7 heteroatoms. The number of nitrogens with zero attached hydrogens (tertiary/aromatic N) is 2. The Morgan fingerprint density at radius 2 is 2.10 bits per heavy atom. The molecule has 0 aliphatic carbocycles. The maximum atomic E-state index is 12.0. The Morgan fingerprint density at radius 3 is 2.71 bits per heavy atom. The zero-order valence-electron chi connectivity index (χ0n) is 12.2. The molecule has 0 saturated carbocycles. The highest BCUT2D eigenvalue weighted by molar-refractivity contribution is 5.92. The van der Waals surface area contributed by atoms with Gasteiger partial charge in [0.1, 0.15) is 0 Å². The van der Waals surface area contributed by atoms with Gasteiger partial charge in [-0.3, -0.25) is 19.8 Å². The average molecular weight is 292 g/mol. The van der Waals surface area contributed by atoms with Gasteiger partial charge in [-0.2, -0.15) is 0 Å². The topological polar surface area (TPSA) is 87.5 Å². The highest BCUT2D eigenvalue weighted by atomic mass is 16.6. The summed E-state index contributed by atoms with van der Waals surface area (Å²) in [5, 5.41) is 16.7. The van der Waals surface area contributed by atoms with Gasteiger partial charge >= 0.3 is 0 Å². The minimum Gasteiger partial charge on any atom is -0.325 e. The Hall–Kier alpha value is -1.99. The van der Waals surface area contributed by atoms with E-state index in [2.05, 4.69) is 29.4 Å². The summed E-state index contributed by atoms with van der Waals surface area (Å²) < 4.78 is 0. The van der Waals surface area contributed by atoms with Gasteiger partial charge in [-0.15, -0.1) is 0 Å². The van der Waals surface area contributed by atoms with Crippen LogP contribution in [0.3, 0.4) is 0 Å². The first-order chi connectivity index (χ1) is 9.95. The third kappa shape index (κ3) is 4.24. The number of nitro benzene ring substituents is 1. The van der Waals surface area contributed by atoms with Crippen LogP contribution in [0.4, 0.5) is 11.4 Å². The second-order valence-corrected chi connectivity index (χ2v) is 5.44. The first-order valence-corrected chi connectivity index (χ1v) is 6.97. The van der Waals surface area contributed by atoms with Crippen LogP contribution >= 0.6 is 0 Å². The predicted octanol–water partition coefficient (Wildman–Crippen LogP) is 1.22. The number of piperazine rings is 1. The average Bonchev–Trinajstić information content (AvgIpc) is 2.43. The molecule has 7 nitrogen and oxygen atoms in total. The van der Waals surface area contributed by atoms with Crippen LogP contribution in [-0.4, -0.2) is 47.4 Å². The summed E-state index contributed by atoms with van der Waals surface area (Å²) in [6.07, 6.45) is 0. The van der Waals surface area contributed by atoms with E-state index in [1.807, 2.05) is 0 Å². The van der Waals surface area contributed by atoms with Crippen molar-refractivity contribution in [1.29, 1.82) is 0 Å². The van der Waals surface area contributed by atoms with E-state index in [0.29, 0.717) is 24.3 Å². The van der Waals surface area contributed by atoms with Crippen molar-refractivity contribution in [3.63, 3.8) is 0 Å². The molecule has 2 rings (SSSR count). The number of nitro groups is 1. The third-order valence-electron chi connectivity index (χ3n) is 3.60. The normalized spacial score (nSPS) is 22.8. The maximum absolute atomic E-state index is 12.0. The summed E-state index contributed by atoms with van der Waals surface area (Å²) in [6.45, 7) is 6.19. The molecule has 2 atom stereocenters. The van der Waals surface area contributed by atoms with Crippen LogP contribution in [0.2, 0.25) is 0 Å². The summed E-state index contributed by atoms with van der Waals surface area (Å²) in [5.74, 6) is -0.107. The van der Waals surface area contributed by atoms with Crippen molar-refractivity contribution in [3.05, 3.63) is 34.4 Å². The molecule has 1 aromatic carbocycles. The number of anilines is 1. The number of hydrogen-bond acceptors (Lipinski definition) is 5. The molecule has 1 saturated heterocycles. The monoisotopic (exact) mass is 292 g/mol. The SMILES string of the molecule is CC1CN(CC(=O)Nc2ccc([N+](=O)[O-])cc2)C(C)CN1. The third-order valence-corrected chi connectivity index (χ3v) is 3.60. The zero-order chi connectivity index (χ0) is 15.4. The van der Waals surface area contributed by atoms with Crippen molar-refractivity contribution in [2.24, 2.45) is 0 Å². The lowest BCUT2D eigenvalue weighted by atomic mass is 10.1. The van der Waals surface area contributed by atoms with Gasteiger partial charge in [-0.25, -0.2) is 0 Å². The summed E-state index contributed by atoms with van der Waals surface area (Å²) in [4.78, 5) is 24.3. The number of nitrogens with one attached hydrogen (secondary N) is 2. The van der Waals surface area contributed by atoms with E-state index in [4.69, 9.17) is 0 Å². The highest BCUT2D eigenvalue weighted by Gasteiger charge is 2.24. The Bertz CT molecular complexity index is 517. The predicted molar refractivity (Wildman–Crippen MR) is 80.2 cm³/mol. The van der Waals surface area contributed by atoms with Gasteiger partial charge in [0.05, 0.1) is 11.5 Å². The molecular formula is C14H20N4O3. The Balaban J connectivity index is 1.90. The molecule has 0 aromatic heterocycles. The van der Waals surface area contributed by atoms with Gasteiger partial charge in [-0.1, -0.05) is 0 Å². The molecular weight excluding hydrogens is 272 g/mol. The highest BCUT2D eigenvalue weighted by Crippen LogP contribution is 2.15. The maximum Gasteiger partial charge on any atom is 0.269 e. The molecule has 0 bridgehead atoms. The molecule has 0 radical (unpaired) electrons. The molecule has 114 valence electrons. The molecule has 1 amide bonds. The van der Waals surface area contributed by atoms with Gasteiger partial charge in [0.2, 0.25) is 5.91 Å². The standard InChI is InChI=1S/C14H20N4O3/c1-10-8-17(11(2)7-15-10)9-14(19)16-12-3-5-13(6-4-12)18(20)21/h3-6,10-11,15H,7-9H2,1-2H3,(H,16,19). The molecule has 1 aromatic rings. The molecule has 1 aliphatic rings. The first kappa shape index (κ1) is 15.4. The Labute approximate surface area is 123 Å². The summed E-state index contributed by atoms with van der Waals surface area (Å²) in [7, 11) is 0. The fourth-order valence-corrected chi connectivity index (χ4v) is 2.37. The number of amides is 1. The first-order valence-electron chi connectivity index (χ1n) is 6.97. The second kappa shape index (κ2) is 6.64. The van der Waals surface area contributed by atoms with Crippen LogP contribution in [-0.2, 0) is 4.79 Å². The zero-order valence-corrected chi connectivity index (χ0v) is 12.2. The van der Waals surface area contributed by atoms with Crippen molar-refractivity contribution in [2.45, 2.75) is 25.9 Å². The van der Waals surface area contributed by atoms with E-state index < -0.39 is 4.92 Å². The van der Waals surface area contributed by atoms with Crippen molar-refractivity contribution in [3.8, 4) is 0 Å². The van der Waals surface area contributed by atoms with E-state index in [1.54, 1.807) is 12.1 Å². The number of hydrogen-bond donors (Lipinski definition) is 2. The number of non-ortho nitro benzene ring substituents is 1. The minimum absolute atomic E-state index is 0.0116. The minimum atomic E-state index is -0.463. The van der Waals surface area contributed by atoms with Crippen LogP contribution in [0, 0.1) is 10.1 Å². The number of rotatable bonds is 4. The molecule has 1 fully saturated rings.